The van der Waals surface area contributed by atoms with E-state index in [2.05, 4.69) is 10.6 Å². The quantitative estimate of drug-likeness (QED) is 0.711. The van der Waals surface area contributed by atoms with E-state index in [9.17, 15) is 9.59 Å². The van der Waals surface area contributed by atoms with E-state index in [4.69, 9.17) is 15.2 Å². The van der Waals surface area contributed by atoms with Gasteiger partial charge in [0.25, 0.3) is 0 Å². The van der Waals surface area contributed by atoms with E-state index in [-0.39, 0.29) is 30.3 Å². The molecule has 1 aromatic carbocycles. The standard InChI is InChI=1S/C17H25N3O4/c1-10(2)16(18)17(22)19-9-15(21)20-11(3)12-4-5-13-14(8-12)24-7-6-23-13/h4-5,8,10-11,16H,6-7,9,18H2,1-3H3,(H,19,22)(H,20,21)/t11?,16-/m0/s1. The zero-order valence-electron chi connectivity index (χ0n) is 14.3. The Morgan fingerprint density at radius 3 is 2.50 bits per heavy atom. The summed E-state index contributed by atoms with van der Waals surface area (Å²) in [5.41, 5.74) is 6.63. The van der Waals surface area contributed by atoms with E-state index in [1.807, 2.05) is 39.0 Å². The molecule has 0 bridgehead atoms. The molecule has 2 amide bonds. The molecule has 0 aromatic heterocycles. The zero-order valence-corrected chi connectivity index (χ0v) is 14.3. The van der Waals surface area contributed by atoms with Gasteiger partial charge in [0.05, 0.1) is 18.6 Å². The summed E-state index contributed by atoms with van der Waals surface area (Å²) in [6.45, 7) is 6.53. The highest BCUT2D eigenvalue weighted by Gasteiger charge is 2.19. The van der Waals surface area contributed by atoms with Gasteiger partial charge in [0, 0.05) is 0 Å². The van der Waals surface area contributed by atoms with Crippen molar-refractivity contribution in [2.45, 2.75) is 32.9 Å². The highest BCUT2D eigenvalue weighted by atomic mass is 16.6. The minimum absolute atomic E-state index is 0.0182. The third-order valence-electron chi connectivity index (χ3n) is 3.89. The van der Waals surface area contributed by atoms with Crippen LogP contribution < -0.4 is 25.8 Å². The Bertz CT molecular complexity index is 603. The Balaban J connectivity index is 1.86. The van der Waals surface area contributed by atoms with Crippen LogP contribution in [0.1, 0.15) is 32.4 Å². The van der Waals surface area contributed by atoms with Gasteiger partial charge in [-0.05, 0) is 30.5 Å². The lowest BCUT2D eigenvalue weighted by Crippen LogP contribution is -2.47. The zero-order chi connectivity index (χ0) is 17.7. The molecule has 7 nitrogen and oxygen atoms in total. The molecule has 2 atom stereocenters. The van der Waals surface area contributed by atoms with Crippen molar-refractivity contribution in [1.82, 2.24) is 10.6 Å². The second kappa shape index (κ2) is 8.01. The molecule has 4 N–H and O–H groups in total. The van der Waals surface area contributed by atoms with Crippen LogP contribution in [0.25, 0.3) is 0 Å². The first-order chi connectivity index (χ1) is 11.4. The maximum Gasteiger partial charge on any atom is 0.239 e. The van der Waals surface area contributed by atoms with Gasteiger partial charge in [-0.15, -0.1) is 0 Å². The van der Waals surface area contributed by atoms with Gasteiger partial charge in [-0.25, -0.2) is 0 Å². The summed E-state index contributed by atoms with van der Waals surface area (Å²) in [4.78, 5) is 23.7. The number of fused-ring (bicyclic) bond motifs is 1. The summed E-state index contributed by atoms with van der Waals surface area (Å²) < 4.78 is 11.0. The SMILES string of the molecule is CC(NC(=O)CNC(=O)[C@@H](N)C(C)C)c1ccc2c(c1)OCCO2. The number of nitrogens with two attached hydrogens (primary N) is 1. The van der Waals surface area contributed by atoms with Gasteiger partial charge in [0.15, 0.2) is 11.5 Å². The van der Waals surface area contributed by atoms with Crippen molar-refractivity contribution >= 4 is 11.8 Å². The van der Waals surface area contributed by atoms with Crippen LogP contribution >= 0.6 is 0 Å². The van der Waals surface area contributed by atoms with E-state index in [1.165, 1.54) is 0 Å². The third-order valence-corrected chi connectivity index (χ3v) is 3.89. The Morgan fingerprint density at radius 1 is 1.17 bits per heavy atom. The van der Waals surface area contributed by atoms with Gasteiger partial charge in [-0.3, -0.25) is 9.59 Å². The molecule has 0 saturated heterocycles. The Kier molecular flexibility index (Phi) is 6.03. The number of nitrogens with one attached hydrogen (secondary N) is 2. The number of hydrogen-bond acceptors (Lipinski definition) is 5. The van der Waals surface area contributed by atoms with E-state index in [1.54, 1.807) is 0 Å². The smallest absolute Gasteiger partial charge is 0.239 e. The van der Waals surface area contributed by atoms with Gasteiger partial charge < -0.3 is 25.8 Å². The Hall–Kier alpha value is -2.28. The van der Waals surface area contributed by atoms with Crippen LogP contribution in [0.4, 0.5) is 0 Å². The Labute approximate surface area is 141 Å². The molecule has 1 unspecified atom stereocenters. The summed E-state index contributed by atoms with van der Waals surface area (Å²) in [7, 11) is 0. The summed E-state index contributed by atoms with van der Waals surface area (Å²) >= 11 is 0. The number of benzene rings is 1. The van der Waals surface area contributed by atoms with Gasteiger partial charge in [0.2, 0.25) is 11.8 Å². The average Bonchev–Trinajstić information content (AvgIpc) is 2.58. The normalized spacial score (nSPS) is 15.5. The topological polar surface area (TPSA) is 103 Å². The molecule has 7 heteroatoms. The highest BCUT2D eigenvalue weighted by Crippen LogP contribution is 2.32. The summed E-state index contributed by atoms with van der Waals surface area (Å²) in [5, 5.41) is 5.39. The maximum atomic E-state index is 12.0. The number of rotatable bonds is 6. The molecule has 0 saturated carbocycles. The first kappa shape index (κ1) is 18.1. The lowest BCUT2D eigenvalue weighted by molar-refractivity contribution is -0.127. The van der Waals surface area contributed by atoms with Crippen molar-refractivity contribution in [3.05, 3.63) is 23.8 Å². The minimum Gasteiger partial charge on any atom is -0.486 e. The number of carbonyl (C=O) groups excluding carboxylic acids is 2. The van der Waals surface area contributed by atoms with E-state index in [0.717, 1.165) is 5.56 Å². The van der Waals surface area contributed by atoms with Crippen molar-refractivity contribution in [3.8, 4) is 11.5 Å². The van der Waals surface area contributed by atoms with E-state index in [0.29, 0.717) is 24.7 Å². The maximum absolute atomic E-state index is 12.0. The van der Waals surface area contributed by atoms with Gasteiger partial charge in [0.1, 0.15) is 13.2 Å². The molecule has 0 fully saturated rings. The molecule has 132 valence electrons. The second-order valence-electron chi connectivity index (χ2n) is 6.18. The number of amides is 2. The third kappa shape index (κ3) is 4.61. The van der Waals surface area contributed by atoms with Crippen LogP contribution in [0.15, 0.2) is 18.2 Å². The van der Waals surface area contributed by atoms with Crippen molar-refractivity contribution in [1.29, 1.82) is 0 Å². The predicted octanol–water partition coefficient (Wildman–Crippen LogP) is 0.735. The van der Waals surface area contributed by atoms with Crippen molar-refractivity contribution in [2.24, 2.45) is 11.7 Å². The lowest BCUT2D eigenvalue weighted by Gasteiger charge is -2.21. The number of hydrogen-bond donors (Lipinski definition) is 3. The van der Waals surface area contributed by atoms with Crippen LogP contribution in [-0.4, -0.2) is 37.6 Å². The minimum atomic E-state index is -0.618. The van der Waals surface area contributed by atoms with Crippen LogP contribution in [0, 0.1) is 5.92 Å². The van der Waals surface area contributed by atoms with Gasteiger partial charge in [-0.1, -0.05) is 19.9 Å². The average molecular weight is 335 g/mol. The summed E-state index contributed by atoms with van der Waals surface area (Å²) in [6, 6.07) is 4.73. The molecule has 0 radical (unpaired) electrons. The molecule has 1 aromatic rings. The monoisotopic (exact) mass is 335 g/mol. The molecule has 1 aliphatic rings. The number of carbonyl (C=O) groups is 2. The molecule has 0 spiro atoms. The first-order valence-electron chi connectivity index (χ1n) is 8.10. The molecule has 2 rings (SSSR count). The van der Waals surface area contributed by atoms with Crippen LogP contribution in [0.2, 0.25) is 0 Å². The molecule has 24 heavy (non-hydrogen) atoms. The highest BCUT2D eigenvalue weighted by molar-refractivity contribution is 5.87. The molecule has 0 aliphatic carbocycles. The molecular formula is C17H25N3O4. The fraction of sp³-hybridized carbons (Fsp3) is 0.529. The van der Waals surface area contributed by atoms with E-state index >= 15 is 0 Å². The molecular weight excluding hydrogens is 310 g/mol. The van der Waals surface area contributed by atoms with Crippen LogP contribution in [0.5, 0.6) is 11.5 Å². The molecule has 1 aliphatic heterocycles. The van der Waals surface area contributed by atoms with Gasteiger partial charge in [-0.2, -0.15) is 0 Å². The Morgan fingerprint density at radius 2 is 1.83 bits per heavy atom. The lowest BCUT2D eigenvalue weighted by atomic mass is 10.1. The fourth-order valence-electron chi connectivity index (χ4n) is 2.29. The van der Waals surface area contributed by atoms with Crippen molar-refractivity contribution in [3.63, 3.8) is 0 Å². The summed E-state index contributed by atoms with van der Waals surface area (Å²) in [5.74, 6) is 0.799. The van der Waals surface area contributed by atoms with Crippen LogP contribution in [0.3, 0.4) is 0 Å². The second-order valence-corrected chi connectivity index (χ2v) is 6.18. The van der Waals surface area contributed by atoms with Crippen molar-refractivity contribution < 1.29 is 19.1 Å². The number of ether oxygens (including phenoxy) is 2. The predicted molar refractivity (Wildman–Crippen MR) is 89.8 cm³/mol. The van der Waals surface area contributed by atoms with E-state index < -0.39 is 6.04 Å². The van der Waals surface area contributed by atoms with Gasteiger partial charge >= 0.3 is 0 Å². The summed E-state index contributed by atoms with van der Waals surface area (Å²) in [6.07, 6.45) is 0. The first-order valence-corrected chi connectivity index (χ1v) is 8.10. The van der Waals surface area contributed by atoms with Crippen molar-refractivity contribution in [2.75, 3.05) is 19.8 Å². The largest absolute Gasteiger partial charge is 0.486 e. The fourth-order valence-corrected chi connectivity index (χ4v) is 2.29. The molecule has 1 heterocycles. The van der Waals surface area contributed by atoms with Crippen LogP contribution in [-0.2, 0) is 9.59 Å².